The highest BCUT2D eigenvalue weighted by molar-refractivity contribution is 5.95. The molecule has 0 aliphatic heterocycles. The normalized spacial score (nSPS) is 10.1. The van der Waals surface area contributed by atoms with Crippen LogP contribution in [-0.2, 0) is 0 Å². The molecular formula is C11H10FN5O. The predicted molar refractivity (Wildman–Crippen MR) is 63.0 cm³/mol. The standard InChI is InChI=1S/C11H10FN5O/c1-14-10(18)7-4-2-3-6(9(7)12)8-5-15-11(13)17-16-8/h2-5H,1H3,(H,14,18)(H2,13,15,17). The molecule has 1 heterocycles. The van der Waals surface area contributed by atoms with Crippen molar-refractivity contribution in [2.24, 2.45) is 0 Å². The summed E-state index contributed by atoms with van der Waals surface area (Å²) in [6, 6.07) is 4.43. The summed E-state index contributed by atoms with van der Waals surface area (Å²) in [7, 11) is 1.43. The Bertz CT molecular complexity index is 584. The zero-order valence-electron chi connectivity index (χ0n) is 9.51. The number of aromatic nitrogens is 3. The van der Waals surface area contributed by atoms with Crippen LogP contribution in [0.4, 0.5) is 10.3 Å². The van der Waals surface area contributed by atoms with E-state index in [1.165, 1.54) is 25.4 Å². The molecule has 0 bridgehead atoms. The van der Waals surface area contributed by atoms with Crippen molar-refractivity contribution in [2.45, 2.75) is 0 Å². The van der Waals surface area contributed by atoms with E-state index < -0.39 is 11.7 Å². The second-order valence-electron chi connectivity index (χ2n) is 3.45. The smallest absolute Gasteiger partial charge is 0.254 e. The molecular weight excluding hydrogens is 237 g/mol. The number of halogens is 1. The minimum absolute atomic E-state index is 0.00149. The van der Waals surface area contributed by atoms with Gasteiger partial charge in [-0.25, -0.2) is 9.37 Å². The number of rotatable bonds is 2. The number of benzene rings is 1. The Morgan fingerprint density at radius 1 is 1.39 bits per heavy atom. The Morgan fingerprint density at radius 2 is 2.17 bits per heavy atom. The Labute approximate surface area is 102 Å². The van der Waals surface area contributed by atoms with Crippen molar-refractivity contribution in [3.05, 3.63) is 35.8 Å². The average molecular weight is 247 g/mol. The Balaban J connectivity index is 2.52. The van der Waals surface area contributed by atoms with Crippen LogP contribution in [0.5, 0.6) is 0 Å². The van der Waals surface area contributed by atoms with Gasteiger partial charge in [-0.15, -0.1) is 10.2 Å². The first-order chi connectivity index (χ1) is 8.63. The van der Waals surface area contributed by atoms with Crippen LogP contribution in [0.15, 0.2) is 24.4 Å². The van der Waals surface area contributed by atoms with E-state index >= 15 is 0 Å². The Morgan fingerprint density at radius 3 is 2.78 bits per heavy atom. The summed E-state index contributed by atoms with van der Waals surface area (Å²) in [5, 5.41) is 9.63. The zero-order valence-corrected chi connectivity index (χ0v) is 9.51. The number of nitrogens with one attached hydrogen (secondary N) is 1. The minimum Gasteiger partial charge on any atom is -0.366 e. The molecule has 7 heteroatoms. The molecule has 0 saturated carbocycles. The molecule has 0 spiro atoms. The van der Waals surface area contributed by atoms with E-state index in [-0.39, 0.29) is 22.8 Å². The summed E-state index contributed by atoms with van der Waals surface area (Å²) < 4.78 is 14.1. The van der Waals surface area contributed by atoms with E-state index in [0.717, 1.165) is 0 Å². The van der Waals surface area contributed by atoms with Crippen LogP contribution >= 0.6 is 0 Å². The number of hydrogen-bond donors (Lipinski definition) is 2. The molecule has 18 heavy (non-hydrogen) atoms. The largest absolute Gasteiger partial charge is 0.366 e. The van der Waals surface area contributed by atoms with Gasteiger partial charge in [0, 0.05) is 12.6 Å². The molecule has 6 nitrogen and oxygen atoms in total. The van der Waals surface area contributed by atoms with Gasteiger partial charge < -0.3 is 11.1 Å². The number of anilines is 1. The first-order valence-electron chi connectivity index (χ1n) is 5.09. The van der Waals surface area contributed by atoms with Crippen molar-refractivity contribution < 1.29 is 9.18 Å². The van der Waals surface area contributed by atoms with Crippen LogP contribution < -0.4 is 11.1 Å². The molecule has 0 radical (unpaired) electrons. The molecule has 2 aromatic rings. The first-order valence-corrected chi connectivity index (χ1v) is 5.09. The molecule has 92 valence electrons. The third kappa shape index (κ3) is 2.10. The molecule has 0 aliphatic carbocycles. The number of hydrogen-bond acceptors (Lipinski definition) is 5. The monoisotopic (exact) mass is 247 g/mol. The highest BCUT2D eigenvalue weighted by atomic mass is 19.1. The summed E-state index contributed by atoms with van der Waals surface area (Å²) in [6.07, 6.45) is 1.30. The molecule has 0 aliphatic rings. The molecule has 1 aromatic carbocycles. The maximum absolute atomic E-state index is 14.1. The van der Waals surface area contributed by atoms with Gasteiger partial charge in [-0.2, -0.15) is 0 Å². The van der Waals surface area contributed by atoms with Crippen LogP contribution in [0.3, 0.4) is 0 Å². The van der Waals surface area contributed by atoms with Crippen LogP contribution in [0, 0.1) is 5.82 Å². The molecule has 0 unspecified atom stereocenters. The van der Waals surface area contributed by atoms with Gasteiger partial charge >= 0.3 is 0 Å². The van der Waals surface area contributed by atoms with Crippen molar-refractivity contribution in [1.29, 1.82) is 0 Å². The fraction of sp³-hybridized carbons (Fsp3) is 0.0909. The van der Waals surface area contributed by atoms with Gasteiger partial charge in [0.15, 0.2) is 0 Å². The lowest BCUT2D eigenvalue weighted by Crippen LogP contribution is -2.19. The number of carbonyl (C=O) groups is 1. The summed E-state index contributed by atoms with van der Waals surface area (Å²) in [4.78, 5) is 15.2. The van der Waals surface area contributed by atoms with Crippen LogP contribution in [0.1, 0.15) is 10.4 Å². The molecule has 0 saturated heterocycles. The van der Waals surface area contributed by atoms with Gasteiger partial charge in [0.05, 0.1) is 11.8 Å². The predicted octanol–water partition coefficient (Wildman–Crippen LogP) is 0.619. The van der Waals surface area contributed by atoms with Crippen molar-refractivity contribution in [3.63, 3.8) is 0 Å². The summed E-state index contributed by atoms with van der Waals surface area (Å²) in [5.74, 6) is -1.18. The average Bonchev–Trinajstić information content (AvgIpc) is 2.39. The highest BCUT2D eigenvalue weighted by Gasteiger charge is 2.15. The third-order valence-electron chi connectivity index (χ3n) is 2.33. The van der Waals surface area contributed by atoms with E-state index in [1.807, 2.05) is 0 Å². The molecule has 1 aromatic heterocycles. The summed E-state index contributed by atoms with van der Waals surface area (Å²) in [5.41, 5.74) is 5.60. The topological polar surface area (TPSA) is 93.8 Å². The number of nitrogens with two attached hydrogens (primary N) is 1. The second-order valence-corrected chi connectivity index (χ2v) is 3.45. The Hall–Kier alpha value is -2.57. The summed E-state index contributed by atoms with van der Waals surface area (Å²) in [6.45, 7) is 0. The van der Waals surface area contributed by atoms with Gasteiger partial charge in [-0.1, -0.05) is 6.07 Å². The van der Waals surface area contributed by atoms with Crippen molar-refractivity contribution in [1.82, 2.24) is 20.5 Å². The fourth-order valence-electron chi connectivity index (χ4n) is 1.45. The molecule has 2 rings (SSSR count). The Kier molecular flexibility index (Phi) is 3.13. The molecule has 0 atom stereocenters. The number of amides is 1. The lowest BCUT2D eigenvalue weighted by Gasteiger charge is -2.06. The quantitative estimate of drug-likeness (QED) is 0.811. The maximum Gasteiger partial charge on any atom is 0.254 e. The SMILES string of the molecule is CNC(=O)c1cccc(-c2cnc(N)nn2)c1F. The van der Waals surface area contributed by atoms with Gasteiger partial charge in [0.2, 0.25) is 5.95 Å². The number of nitrogen functional groups attached to an aromatic ring is 1. The molecule has 1 amide bonds. The van der Waals surface area contributed by atoms with E-state index in [0.29, 0.717) is 0 Å². The fourth-order valence-corrected chi connectivity index (χ4v) is 1.45. The first kappa shape index (κ1) is 11.9. The molecule has 3 N–H and O–H groups in total. The van der Waals surface area contributed by atoms with E-state index in [2.05, 4.69) is 20.5 Å². The van der Waals surface area contributed by atoms with E-state index in [1.54, 1.807) is 6.07 Å². The second kappa shape index (κ2) is 4.74. The van der Waals surface area contributed by atoms with Crippen molar-refractivity contribution in [3.8, 4) is 11.3 Å². The van der Waals surface area contributed by atoms with Crippen molar-refractivity contribution >= 4 is 11.9 Å². The maximum atomic E-state index is 14.1. The minimum atomic E-state index is -0.669. The van der Waals surface area contributed by atoms with Gasteiger partial charge in [0.25, 0.3) is 5.91 Å². The van der Waals surface area contributed by atoms with Crippen LogP contribution in [-0.4, -0.2) is 28.1 Å². The van der Waals surface area contributed by atoms with Gasteiger partial charge in [-0.3, -0.25) is 4.79 Å². The van der Waals surface area contributed by atoms with E-state index in [4.69, 9.17) is 5.73 Å². The number of nitrogens with zero attached hydrogens (tertiary/aromatic N) is 3. The highest BCUT2D eigenvalue weighted by Crippen LogP contribution is 2.22. The zero-order chi connectivity index (χ0) is 13.1. The number of carbonyl (C=O) groups excluding carboxylic acids is 1. The van der Waals surface area contributed by atoms with Crippen molar-refractivity contribution in [2.75, 3.05) is 12.8 Å². The van der Waals surface area contributed by atoms with Gasteiger partial charge in [0.1, 0.15) is 11.5 Å². The van der Waals surface area contributed by atoms with Crippen LogP contribution in [0.2, 0.25) is 0 Å². The van der Waals surface area contributed by atoms with Crippen LogP contribution in [0.25, 0.3) is 11.3 Å². The third-order valence-corrected chi connectivity index (χ3v) is 2.33. The lowest BCUT2D eigenvalue weighted by atomic mass is 10.1. The lowest BCUT2D eigenvalue weighted by molar-refractivity contribution is 0.0959. The summed E-state index contributed by atoms with van der Waals surface area (Å²) >= 11 is 0. The van der Waals surface area contributed by atoms with Gasteiger partial charge in [-0.05, 0) is 12.1 Å². The van der Waals surface area contributed by atoms with E-state index in [9.17, 15) is 9.18 Å². The molecule has 0 fully saturated rings.